The lowest BCUT2D eigenvalue weighted by atomic mass is 9.80. The number of piperidine rings is 1. The minimum atomic E-state index is -1.97. The Hall–Kier alpha value is -4.92. The average Bonchev–Trinajstić information content (AvgIpc) is 3.76. The number of nitrogens with one attached hydrogen (secondary N) is 3. The first-order chi connectivity index (χ1) is 34.8. The number of rotatable bonds is 21. The monoisotopic (exact) mass is 1060 g/mol. The lowest BCUT2D eigenvalue weighted by Crippen LogP contribution is -2.59. The minimum absolute atomic E-state index is 0.0315. The summed E-state index contributed by atoms with van der Waals surface area (Å²) in [5.74, 6) is -0.494. The van der Waals surface area contributed by atoms with Crippen molar-refractivity contribution >= 4 is 69.8 Å². The third-order valence-corrected chi connectivity index (χ3v) is 17.1. The molecule has 1 saturated carbocycles. The molecule has 6 N–H and O–H groups in total. The molecule has 2 aromatic heterocycles. The second-order valence-electron chi connectivity index (χ2n) is 21.6. The summed E-state index contributed by atoms with van der Waals surface area (Å²) in [6.07, 6.45) is 8.68. The van der Waals surface area contributed by atoms with E-state index in [0.29, 0.717) is 42.7 Å². The second-order valence-corrected chi connectivity index (χ2v) is 23.9. The number of hydrogen-bond acceptors (Lipinski definition) is 14. The Morgan fingerprint density at radius 2 is 1.75 bits per heavy atom. The van der Waals surface area contributed by atoms with E-state index in [-0.39, 0.29) is 49.6 Å². The van der Waals surface area contributed by atoms with E-state index in [1.54, 1.807) is 32.5 Å². The lowest BCUT2D eigenvalue weighted by Gasteiger charge is -2.39. The molecule has 4 aliphatic rings. The number of aliphatic hydroxyl groups is 1. The van der Waals surface area contributed by atoms with Crippen molar-refractivity contribution in [3.63, 3.8) is 0 Å². The van der Waals surface area contributed by atoms with Gasteiger partial charge in [-0.3, -0.25) is 19.2 Å². The number of aryl methyl sites for hydroxylation is 1. The van der Waals surface area contributed by atoms with Gasteiger partial charge in [-0.05, 0) is 93.1 Å². The number of ether oxygens (including phenoxy) is 1. The summed E-state index contributed by atoms with van der Waals surface area (Å²) in [6, 6.07) is 9.40. The summed E-state index contributed by atoms with van der Waals surface area (Å²) in [7, 11) is 0. The Morgan fingerprint density at radius 1 is 1.00 bits per heavy atom. The summed E-state index contributed by atoms with van der Waals surface area (Å²) in [6.45, 7) is 14.8. The lowest BCUT2D eigenvalue weighted by molar-refractivity contribution is -0.145. The second kappa shape index (κ2) is 23.3. The highest BCUT2D eigenvalue weighted by atomic mass is 35.5. The molecule has 4 amide bonds. The summed E-state index contributed by atoms with van der Waals surface area (Å²) < 4.78 is 21.1. The molecule has 0 radical (unpaired) electrons. The van der Waals surface area contributed by atoms with Crippen molar-refractivity contribution in [2.24, 2.45) is 22.5 Å². The van der Waals surface area contributed by atoms with Gasteiger partial charge in [0.05, 0.1) is 57.8 Å². The zero-order valence-corrected chi connectivity index (χ0v) is 44.9. The van der Waals surface area contributed by atoms with Gasteiger partial charge in [-0.1, -0.05) is 82.1 Å². The normalized spacial score (nSPS) is 20.0. The van der Waals surface area contributed by atoms with Gasteiger partial charge in [0.25, 0.3) is 5.91 Å². The molecular weight excluding hydrogens is 991 g/mol. The van der Waals surface area contributed by atoms with E-state index in [1.807, 2.05) is 49.5 Å². The Balaban J connectivity index is 0.768. The molecule has 16 nitrogen and oxygen atoms in total. The SMILES string of the molecule is Cc1ncsc1-c1ccc(CNC(=O)[C@@H]2C[C@@H](O)CN2C(=O)[C@@H](NC(=O)C2(F)CC2)C(C)(C)C)c(OCCCCCCN2CC(C(=O)Nc3cccc(Sc4cnc(N5CCC(C)(CN)CC5)cn4)c3Cl)C2)c1. The molecule has 8 rings (SSSR count). The molecule has 4 fully saturated rings. The maximum atomic E-state index is 14.7. The van der Waals surface area contributed by atoms with E-state index in [2.05, 4.69) is 47.6 Å². The van der Waals surface area contributed by atoms with Crippen molar-refractivity contribution in [2.45, 2.75) is 133 Å². The molecule has 3 aliphatic heterocycles. The molecule has 2 aromatic carbocycles. The van der Waals surface area contributed by atoms with E-state index >= 15 is 0 Å². The van der Waals surface area contributed by atoms with Crippen LogP contribution in [0.2, 0.25) is 5.02 Å². The van der Waals surface area contributed by atoms with Crippen LogP contribution >= 0.6 is 34.7 Å². The van der Waals surface area contributed by atoms with Gasteiger partial charge < -0.3 is 46.2 Å². The number of thiazole rings is 1. The zero-order valence-electron chi connectivity index (χ0n) is 42.6. The number of nitrogens with zero attached hydrogens (tertiary/aromatic N) is 6. The number of alkyl halides is 1. The smallest absolute Gasteiger partial charge is 0.258 e. The first kappa shape index (κ1) is 54.3. The van der Waals surface area contributed by atoms with Crippen molar-refractivity contribution in [1.29, 1.82) is 0 Å². The van der Waals surface area contributed by atoms with Gasteiger partial charge in [0, 0.05) is 56.1 Å². The molecule has 4 aromatic rings. The van der Waals surface area contributed by atoms with Crippen molar-refractivity contribution < 1.29 is 33.4 Å². The fourth-order valence-electron chi connectivity index (χ4n) is 9.50. The number of nitrogens with two attached hydrogens (primary N) is 1. The molecule has 3 atom stereocenters. The van der Waals surface area contributed by atoms with E-state index in [0.717, 1.165) is 95.6 Å². The van der Waals surface area contributed by atoms with Crippen molar-refractivity contribution in [2.75, 3.05) is 62.6 Å². The van der Waals surface area contributed by atoms with E-state index in [1.165, 1.54) is 28.0 Å². The first-order valence-corrected chi connectivity index (χ1v) is 27.6. The fraction of sp³-hybridized carbons (Fsp3) is 0.566. The van der Waals surface area contributed by atoms with Crippen molar-refractivity contribution in [1.82, 2.24) is 35.4 Å². The maximum absolute atomic E-state index is 14.7. The highest BCUT2D eigenvalue weighted by Gasteiger charge is 2.53. The molecule has 1 aliphatic carbocycles. The van der Waals surface area contributed by atoms with Crippen molar-refractivity contribution in [3.8, 4) is 16.2 Å². The van der Waals surface area contributed by atoms with Crippen LogP contribution < -0.4 is 31.3 Å². The Labute approximate surface area is 441 Å². The van der Waals surface area contributed by atoms with Crippen LogP contribution in [0.25, 0.3) is 10.4 Å². The van der Waals surface area contributed by atoms with E-state index in [9.17, 15) is 28.7 Å². The number of likely N-dealkylation sites (tertiary alicyclic amines) is 2. The van der Waals surface area contributed by atoms with Gasteiger partial charge >= 0.3 is 0 Å². The van der Waals surface area contributed by atoms with Gasteiger partial charge in [0.15, 0.2) is 5.67 Å². The van der Waals surface area contributed by atoms with Crippen LogP contribution in [-0.2, 0) is 25.7 Å². The molecular formula is C53H70ClFN10O6S2. The predicted molar refractivity (Wildman–Crippen MR) is 283 cm³/mol. The quantitative estimate of drug-likeness (QED) is 0.0517. The van der Waals surface area contributed by atoms with E-state index in [4.69, 9.17) is 22.1 Å². The third kappa shape index (κ3) is 13.5. The number of β-amino-alcohol motifs (C(OH)–C–C–N with tert-alkyl or cyclic N) is 1. The van der Waals surface area contributed by atoms with Gasteiger partial charge in [-0.25, -0.2) is 19.3 Å². The fourth-order valence-corrected chi connectivity index (χ4v) is 11.4. The summed E-state index contributed by atoms with van der Waals surface area (Å²) >= 11 is 9.77. The number of anilines is 2. The largest absolute Gasteiger partial charge is 0.493 e. The molecule has 3 saturated heterocycles. The topological polar surface area (TPSA) is 208 Å². The van der Waals surface area contributed by atoms with Crippen LogP contribution in [-0.4, -0.2) is 130 Å². The molecule has 73 heavy (non-hydrogen) atoms. The number of benzene rings is 2. The first-order valence-electron chi connectivity index (χ1n) is 25.5. The molecule has 20 heteroatoms. The zero-order chi connectivity index (χ0) is 52.1. The maximum Gasteiger partial charge on any atom is 0.258 e. The number of carbonyl (C=O) groups excluding carboxylic acids is 4. The van der Waals surface area contributed by atoms with Gasteiger partial charge in [-0.15, -0.1) is 11.3 Å². The minimum Gasteiger partial charge on any atom is -0.493 e. The van der Waals surface area contributed by atoms with Gasteiger partial charge in [0.2, 0.25) is 17.7 Å². The molecule has 394 valence electrons. The molecule has 0 unspecified atom stereocenters. The van der Waals surface area contributed by atoms with E-state index < -0.39 is 47.0 Å². The highest BCUT2D eigenvalue weighted by molar-refractivity contribution is 7.99. The summed E-state index contributed by atoms with van der Waals surface area (Å²) in [5.41, 5.74) is 8.40. The standard InChI is InChI=1S/C53H70ClFN10O6S2/c1-33-45(72-32-60-33)34-13-14-35(25-59-48(68)39-24-37(66)30-65(39)49(69)46(51(2,3)4)62-50(70)53(55)15-16-53)40(23-34)71-22-9-7-6-8-19-63-28-36(29-63)47(67)61-38-11-10-12-41(44(38)54)73-43-27-57-42(26-58-43)64-20-17-52(5,31-56)18-21-64/h10-14,23,26-27,32,36-37,39,46,66H,6-9,15-22,24-25,28-31,56H2,1-5H3,(H,59,68)(H,61,67)(H,62,70)/t37-,39+,46-/m1/s1. The van der Waals surface area contributed by atoms with Crippen LogP contribution in [0.5, 0.6) is 5.75 Å². The van der Waals surface area contributed by atoms with Crippen LogP contribution in [0.1, 0.15) is 96.7 Å². The number of halogens is 2. The Kier molecular flexibility index (Phi) is 17.4. The Bertz CT molecular complexity index is 2600. The van der Waals surface area contributed by atoms with Gasteiger partial charge in [0.1, 0.15) is 28.7 Å². The number of hydrogen-bond donors (Lipinski definition) is 5. The molecule has 5 heterocycles. The van der Waals surface area contributed by atoms with Crippen LogP contribution in [0, 0.1) is 23.7 Å². The predicted octanol–water partition coefficient (Wildman–Crippen LogP) is 7.40. The molecule has 0 spiro atoms. The Morgan fingerprint density at radius 3 is 2.42 bits per heavy atom. The summed E-state index contributed by atoms with van der Waals surface area (Å²) in [5, 5.41) is 20.5. The summed E-state index contributed by atoms with van der Waals surface area (Å²) in [4.78, 5) is 75.1. The average molecular weight is 1060 g/mol. The highest BCUT2D eigenvalue weighted by Crippen LogP contribution is 2.41. The molecule has 0 bridgehead atoms. The van der Waals surface area contributed by atoms with Crippen molar-refractivity contribution in [3.05, 3.63) is 70.6 Å². The third-order valence-electron chi connectivity index (χ3n) is 14.7. The van der Waals surface area contributed by atoms with Crippen LogP contribution in [0.3, 0.4) is 0 Å². The van der Waals surface area contributed by atoms with Crippen LogP contribution in [0.15, 0.2) is 64.2 Å². The number of aromatic nitrogens is 3. The van der Waals surface area contributed by atoms with Gasteiger partial charge in [-0.2, -0.15) is 0 Å². The van der Waals surface area contributed by atoms with Crippen LogP contribution in [0.4, 0.5) is 15.9 Å². The number of amides is 4. The number of carbonyl (C=O) groups is 4. The number of aliphatic hydroxyl groups excluding tert-OH is 1. The number of unbranched alkanes of at least 4 members (excludes halogenated alkanes) is 3.